The molecule has 0 fully saturated rings. The SMILES string of the molecule is COC(=O)[C@@H](C)NC(=O)C(C)=Cc1c(Cl)cccc1Cl. The van der Waals surface area contributed by atoms with Crippen molar-refractivity contribution in [3.05, 3.63) is 39.4 Å². The summed E-state index contributed by atoms with van der Waals surface area (Å²) in [5.41, 5.74) is 0.949. The van der Waals surface area contributed by atoms with E-state index in [1.54, 1.807) is 38.1 Å². The van der Waals surface area contributed by atoms with Gasteiger partial charge in [0.05, 0.1) is 7.11 Å². The first-order chi connectivity index (χ1) is 9.36. The predicted octanol–water partition coefficient (Wildman–Crippen LogP) is 3.07. The van der Waals surface area contributed by atoms with E-state index in [0.29, 0.717) is 21.2 Å². The molecule has 1 atom stereocenters. The van der Waals surface area contributed by atoms with Crippen LogP contribution in [0.1, 0.15) is 19.4 Å². The molecule has 0 aliphatic carbocycles. The lowest BCUT2D eigenvalue weighted by Gasteiger charge is -2.12. The van der Waals surface area contributed by atoms with Crippen LogP contribution in [-0.2, 0) is 14.3 Å². The van der Waals surface area contributed by atoms with Gasteiger partial charge < -0.3 is 10.1 Å². The molecule has 0 spiro atoms. The number of rotatable bonds is 4. The van der Waals surface area contributed by atoms with Crippen LogP contribution in [0, 0.1) is 0 Å². The van der Waals surface area contributed by atoms with Crippen molar-refractivity contribution in [2.75, 3.05) is 7.11 Å². The molecular weight excluding hydrogens is 301 g/mol. The summed E-state index contributed by atoms with van der Waals surface area (Å²) in [6.07, 6.45) is 1.57. The van der Waals surface area contributed by atoms with E-state index in [-0.39, 0.29) is 5.91 Å². The highest BCUT2D eigenvalue weighted by molar-refractivity contribution is 6.37. The lowest BCUT2D eigenvalue weighted by atomic mass is 10.1. The monoisotopic (exact) mass is 315 g/mol. The van der Waals surface area contributed by atoms with Gasteiger partial charge in [0.1, 0.15) is 6.04 Å². The van der Waals surface area contributed by atoms with Crippen LogP contribution < -0.4 is 5.32 Å². The van der Waals surface area contributed by atoms with E-state index in [2.05, 4.69) is 10.1 Å². The van der Waals surface area contributed by atoms with Gasteiger partial charge in [-0.3, -0.25) is 4.79 Å². The highest BCUT2D eigenvalue weighted by Gasteiger charge is 2.17. The first-order valence-electron chi connectivity index (χ1n) is 5.87. The highest BCUT2D eigenvalue weighted by Crippen LogP contribution is 2.26. The zero-order valence-electron chi connectivity index (χ0n) is 11.4. The summed E-state index contributed by atoms with van der Waals surface area (Å²) < 4.78 is 4.53. The van der Waals surface area contributed by atoms with Gasteiger partial charge in [-0.15, -0.1) is 0 Å². The minimum Gasteiger partial charge on any atom is -0.467 e. The molecule has 0 aliphatic heterocycles. The molecular formula is C14H15Cl2NO3. The standard InChI is InChI=1S/C14H15Cl2NO3/c1-8(13(18)17-9(2)14(19)20-3)7-10-11(15)5-4-6-12(10)16/h4-7,9H,1-3H3,(H,17,18)/t9-/m1/s1. The van der Waals surface area contributed by atoms with E-state index in [1.807, 2.05) is 0 Å². The van der Waals surface area contributed by atoms with E-state index in [1.165, 1.54) is 7.11 Å². The Morgan fingerprint density at radius 2 is 1.85 bits per heavy atom. The molecule has 4 nitrogen and oxygen atoms in total. The molecule has 0 saturated carbocycles. The van der Waals surface area contributed by atoms with Gasteiger partial charge >= 0.3 is 5.97 Å². The fraction of sp³-hybridized carbons (Fsp3) is 0.286. The average Bonchev–Trinajstić information content (AvgIpc) is 2.41. The summed E-state index contributed by atoms with van der Waals surface area (Å²) in [6.45, 7) is 3.15. The van der Waals surface area contributed by atoms with Gasteiger partial charge in [0.25, 0.3) is 0 Å². The minimum absolute atomic E-state index is 0.385. The second-order valence-corrected chi connectivity index (χ2v) is 5.00. The third-order valence-corrected chi connectivity index (χ3v) is 3.28. The molecule has 0 aromatic heterocycles. The van der Waals surface area contributed by atoms with Crippen LogP contribution in [0.5, 0.6) is 0 Å². The van der Waals surface area contributed by atoms with Gasteiger partial charge in [-0.2, -0.15) is 0 Å². The van der Waals surface area contributed by atoms with E-state index >= 15 is 0 Å². The van der Waals surface area contributed by atoms with Crippen LogP contribution >= 0.6 is 23.2 Å². The van der Waals surface area contributed by atoms with E-state index in [0.717, 1.165) is 0 Å². The summed E-state index contributed by atoms with van der Waals surface area (Å²) in [5, 5.41) is 3.42. The maximum atomic E-state index is 11.9. The Bertz CT molecular complexity index is 535. The molecule has 20 heavy (non-hydrogen) atoms. The number of halogens is 2. The lowest BCUT2D eigenvalue weighted by molar-refractivity contribution is -0.144. The second-order valence-electron chi connectivity index (χ2n) is 4.18. The first kappa shape index (κ1) is 16.5. The molecule has 0 bridgehead atoms. The molecule has 1 aromatic carbocycles. The fourth-order valence-corrected chi connectivity index (χ4v) is 1.98. The maximum absolute atomic E-state index is 11.9. The van der Waals surface area contributed by atoms with Crippen LogP contribution in [0.15, 0.2) is 23.8 Å². The molecule has 0 saturated heterocycles. The normalized spacial score (nSPS) is 12.8. The number of carbonyl (C=O) groups excluding carboxylic acids is 2. The quantitative estimate of drug-likeness (QED) is 0.686. The molecule has 0 heterocycles. The van der Waals surface area contributed by atoms with E-state index < -0.39 is 12.0 Å². The third-order valence-electron chi connectivity index (χ3n) is 2.62. The van der Waals surface area contributed by atoms with Gasteiger partial charge in [-0.1, -0.05) is 29.3 Å². The Morgan fingerprint density at radius 3 is 2.35 bits per heavy atom. The number of methoxy groups -OCH3 is 1. The van der Waals surface area contributed by atoms with Crippen LogP contribution in [0.25, 0.3) is 6.08 Å². The largest absolute Gasteiger partial charge is 0.467 e. The summed E-state index contributed by atoms with van der Waals surface area (Å²) in [7, 11) is 1.26. The summed E-state index contributed by atoms with van der Waals surface area (Å²) in [5.74, 6) is -0.902. The summed E-state index contributed by atoms with van der Waals surface area (Å²) in [4.78, 5) is 23.2. The maximum Gasteiger partial charge on any atom is 0.328 e. The molecule has 1 N–H and O–H groups in total. The zero-order chi connectivity index (χ0) is 15.3. The molecule has 0 aliphatic rings. The van der Waals surface area contributed by atoms with Crippen LogP contribution in [0.3, 0.4) is 0 Å². The third kappa shape index (κ3) is 4.25. The number of hydrogen-bond donors (Lipinski definition) is 1. The van der Waals surface area contributed by atoms with Crippen molar-refractivity contribution >= 4 is 41.2 Å². The fourth-order valence-electron chi connectivity index (χ4n) is 1.48. The topological polar surface area (TPSA) is 55.4 Å². The predicted molar refractivity (Wildman–Crippen MR) is 79.7 cm³/mol. The summed E-state index contributed by atoms with van der Waals surface area (Å²) >= 11 is 12.0. The number of nitrogens with one attached hydrogen (secondary N) is 1. The van der Waals surface area contributed by atoms with Crippen molar-refractivity contribution < 1.29 is 14.3 Å². The number of benzene rings is 1. The molecule has 108 valence electrons. The molecule has 1 amide bonds. The Labute approximate surface area is 127 Å². The van der Waals surface area contributed by atoms with Crippen molar-refractivity contribution in [3.63, 3.8) is 0 Å². The van der Waals surface area contributed by atoms with Crippen molar-refractivity contribution in [3.8, 4) is 0 Å². The Hall–Kier alpha value is -1.52. The number of esters is 1. The van der Waals surface area contributed by atoms with Crippen molar-refractivity contribution in [1.29, 1.82) is 0 Å². The Morgan fingerprint density at radius 1 is 1.30 bits per heavy atom. The molecule has 0 unspecified atom stereocenters. The van der Waals surface area contributed by atoms with Gasteiger partial charge in [0.15, 0.2) is 0 Å². The van der Waals surface area contributed by atoms with Gasteiger partial charge in [-0.05, 0) is 32.1 Å². The highest BCUT2D eigenvalue weighted by atomic mass is 35.5. The van der Waals surface area contributed by atoms with Crippen molar-refractivity contribution in [2.24, 2.45) is 0 Å². The minimum atomic E-state index is -0.724. The average molecular weight is 316 g/mol. The van der Waals surface area contributed by atoms with Crippen molar-refractivity contribution in [1.82, 2.24) is 5.32 Å². The van der Waals surface area contributed by atoms with Crippen molar-refractivity contribution in [2.45, 2.75) is 19.9 Å². The number of amides is 1. The first-order valence-corrected chi connectivity index (χ1v) is 6.63. The van der Waals surface area contributed by atoms with E-state index in [4.69, 9.17) is 23.2 Å². The molecule has 1 aromatic rings. The second kappa shape index (κ2) is 7.31. The zero-order valence-corrected chi connectivity index (χ0v) is 12.9. The van der Waals surface area contributed by atoms with Gasteiger partial charge in [0, 0.05) is 21.2 Å². The van der Waals surface area contributed by atoms with Crippen LogP contribution in [-0.4, -0.2) is 25.0 Å². The number of ether oxygens (including phenoxy) is 1. The van der Waals surface area contributed by atoms with Crippen LogP contribution in [0.2, 0.25) is 10.0 Å². The Balaban J connectivity index is 2.89. The van der Waals surface area contributed by atoms with E-state index in [9.17, 15) is 9.59 Å². The Kier molecular flexibility index (Phi) is 6.05. The van der Waals surface area contributed by atoms with Gasteiger partial charge in [-0.25, -0.2) is 4.79 Å². The van der Waals surface area contributed by atoms with Crippen LogP contribution in [0.4, 0.5) is 0 Å². The summed E-state index contributed by atoms with van der Waals surface area (Å²) in [6, 6.07) is 4.36. The number of carbonyl (C=O) groups is 2. The molecule has 1 rings (SSSR count). The number of hydrogen-bond acceptors (Lipinski definition) is 3. The smallest absolute Gasteiger partial charge is 0.328 e. The molecule has 0 radical (unpaired) electrons. The molecule has 6 heteroatoms. The van der Waals surface area contributed by atoms with Gasteiger partial charge in [0.2, 0.25) is 5.91 Å². The lowest BCUT2D eigenvalue weighted by Crippen LogP contribution is -2.39.